The molecule has 84 valence electrons. The Balaban J connectivity index is 2.32. The maximum atomic E-state index is 5.86. The van der Waals surface area contributed by atoms with Crippen LogP contribution in [0.1, 0.15) is 46.5 Å². The zero-order valence-electron chi connectivity index (χ0n) is 9.88. The number of ether oxygens (including phenoxy) is 1. The molecule has 0 amide bonds. The molecule has 1 rings (SSSR count). The van der Waals surface area contributed by atoms with Crippen LogP contribution < -0.4 is 5.73 Å². The minimum Gasteiger partial charge on any atom is -0.381 e. The first-order valence-corrected chi connectivity index (χ1v) is 5.83. The van der Waals surface area contributed by atoms with E-state index in [2.05, 4.69) is 20.8 Å². The molecule has 1 fully saturated rings. The van der Waals surface area contributed by atoms with Crippen LogP contribution in [-0.2, 0) is 4.74 Å². The number of hydrogen-bond donors (Lipinski definition) is 1. The molecule has 2 heteroatoms. The van der Waals surface area contributed by atoms with Crippen LogP contribution in [0.3, 0.4) is 0 Å². The molecule has 14 heavy (non-hydrogen) atoms. The summed E-state index contributed by atoms with van der Waals surface area (Å²) >= 11 is 0. The van der Waals surface area contributed by atoms with Crippen molar-refractivity contribution in [3.8, 4) is 0 Å². The lowest BCUT2D eigenvalue weighted by molar-refractivity contribution is 0.0495. The van der Waals surface area contributed by atoms with E-state index in [1.54, 1.807) is 0 Å². The van der Waals surface area contributed by atoms with Gasteiger partial charge in [-0.25, -0.2) is 0 Å². The van der Waals surface area contributed by atoms with E-state index in [1.807, 2.05) is 0 Å². The van der Waals surface area contributed by atoms with Crippen molar-refractivity contribution in [1.29, 1.82) is 0 Å². The van der Waals surface area contributed by atoms with Gasteiger partial charge < -0.3 is 10.5 Å². The predicted octanol–water partition coefficient (Wildman–Crippen LogP) is 2.57. The summed E-state index contributed by atoms with van der Waals surface area (Å²) in [6, 6.07) is 0.324. The van der Waals surface area contributed by atoms with Crippen molar-refractivity contribution in [1.82, 2.24) is 0 Å². The lowest BCUT2D eigenvalue weighted by Crippen LogP contribution is -2.28. The maximum absolute atomic E-state index is 5.86. The van der Waals surface area contributed by atoms with E-state index in [0.29, 0.717) is 11.5 Å². The average Bonchev–Trinajstić information content (AvgIpc) is 2.02. The fraction of sp³-hybridized carbons (Fsp3) is 1.00. The molecule has 1 unspecified atom stereocenters. The van der Waals surface area contributed by atoms with E-state index in [-0.39, 0.29) is 0 Å². The van der Waals surface area contributed by atoms with Crippen LogP contribution in [0.2, 0.25) is 0 Å². The molecule has 0 aromatic carbocycles. The standard InChI is InChI=1S/C12H25NO/c1-10(13)8-12(2,3)9-11-4-6-14-7-5-11/h10-11H,4-9,13H2,1-3H3. The van der Waals surface area contributed by atoms with Gasteiger partial charge >= 0.3 is 0 Å². The highest BCUT2D eigenvalue weighted by Gasteiger charge is 2.25. The topological polar surface area (TPSA) is 35.2 Å². The highest BCUT2D eigenvalue weighted by atomic mass is 16.5. The van der Waals surface area contributed by atoms with Gasteiger partial charge in [0.25, 0.3) is 0 Å². The molecule has 2 nitrogen and oxygen atoms in total. The molecule has 0 spiro atoms. The fourth-order valence-electron chi connectivity index (χ4n) is 2.69. The molecule has 0 aliphatic carbocycles. The molecule has 1 aliphatic rings. The van der Waals surface area contributed by atoms with Crippen molar-refractivity contribution in [3.05, 3.63) is 0 Å². The first-order valence-electron chi connectivity index (χ1n) is 5.83. The van der Waals surface area contributed by atoms with Crippen molar-refractivity contribution >= 4 is 0 Å². The van der Waals surface area contributed by atoms with E-state index in [0.717, 1.165) is 25.6 Å². The largest absolute Gasteiger partial charge is 0.381 e. The molecule has 0 aromatic heterocycles. The molecule has 1 heterocycles. The molecule has 1 aliphatic heterocycles. The smallest absolute Gasteiger partial charge is 0.0468 e. The van der Waals surface area contributed by atoms with E-state index in [9.17, 15) is 0 Å². The van der Waals surface area contributed by atoms with Gasteiger partial charge in [-0.1, -0.05) is 13.8 Å². The second-order valence-corrected chi connectivity index (χ2v) is 5.61. The van der Waals surface area contributed by atoms with E-state index < -0.39 is 0 Å². The third-order valence-corrected chi connectivity index (χ3v) is 3.06. The van der Waals surface area contributed by atoms with Crippen molar-refractivity contribution < 1.29 is 4.74 Å². The van der Waals surface area contributed by atoms with Crippen molar-refractivity contribution in [3.63, 3.8) is 0 Å². The summed E-state index contributed by atoms with van der Waals surface area (Å²) in [6.45, 7) is 8.70. The third-order valence-electron chi connectivity index (χ3n) is 3.06. The lowest BCUT2D eigenvalue weighted by atomic mass is 9.76. The Morgan fingerprint density at radius 1 is 1.36 bits per heavy atom. The molecule has 1 atom stereocenters. The Morgan fingerprint density at radius 3 is 2.43 bits per heavy atom. The lowest BCUT2D eigenvalue weighted by Gasteiger charge is -2.33. The average molecular weight is 199 g/mol. The Kier molecular flexibility index (Phi) is 4.39. The Labute approximate surface area is 88.2 Å². The van der Waals surface area contributed by atoms with Gasteiger partial charge in [-0.2, -0.15) is 0 Å². The van der Waals surface area contributed by atoms with Crippen LogP contribution >= 0.6 is 0 Å². The van der Waals surface area contributed by atoms with Crippen molar-refractivity contribution in [2.75, 3.05) is 13.2 Å². The highest BCUT2D eigenvalue weighted by molar-refractivity contribution is 4.78. The van der Waals surface area contributed by atoms with Gasteiger partial charge in [0.1, 0.15) is 0 Å². The predicted molar refractivity (Wildman–Crippen MR) is 60.2 cm³/mol. The summed E-state index contributed by atoms with van der Waals surface area (Å²) in [6.07, 6.45) is 4.91. The molecule has 0 aromatic rings. The van der Waals surface area contributed by atoms with Gasteiger partial charge in [0.05, 0.1) is 0 Å². The summed E-state index contributed by atoms with van der Waals surface area (Å²) in [7, 11) is 0. The minimum absolute atomic E-state index is 0.324. The van der Waals surface area contributed by atoms with E-state index in [1.165, 1.54) is 19.3 Å². The van der Waals surface area contributed by atoms with E-state index >= 15 is 0 Å². The van der Waals surface area contributed by atoms with Crippen LogP contribution in [0, 0.1) is 11.3 Å². The van der Waals surface area contributed by atoms with Crippen LogP contribution in [-0.4, -0.2) is 19.3 Å². The molecule has 2 N–H and O–H groups in total. The first-order chi connectivity index (χ1) is 6.49. The normalized spacial score (nSPS) is 22.3. The SMILES string of the molecule is CC(N)CC(C)(C)CC1CCOCC1. The zero-order valence-corrected chi connectivity index (χ0v) is 9.88. The molecular formula is C12H25NO. The van der Waals surface area contributed by atoms with Crippen LogP contribution in [0.15, 0.2) is 0 Å². The quantitative estimate of drug-likeness (QED) is 0.755. The maximum Gasteiger partial charge on any atom is 0.0468 e. The van der Waals surface area contributed by atoms with Crippen molar-refractivity contribution in [2.24, 2.45) is 17.1 Å². The summed E-state index contributed by atoms with van der Waals surface area (Å²) in [5, 5.41) is 0. The molecule has 1 saturated heterocycles. The van der Waals surface area contributed by atoms with Crippen LogP contribution in [0.4, 0.5) is 0 Å². The fourth-order valence-corrected chi connectivity index (χ4v) is 2.69. The van der Waals surface area contributed by atoms with E-state index in [4.69, 9.17) is 10.5 Å². The van der Waals surface area contributed by atoms with Gasteiger partial charge in [0.2, 0.25) is 0 Å². The minimum atomic E-state index is 0.324. The molecule has 0 radical (unpaired) electrons. The monoisotopic (exact) mass is 199 g/mol. The Morgan fingerprint density at radius 2 is 1.93 bits per heavy atom. The summed E-state index contributed by atoms with van der Waals surface area (Å²) in [5.41, 5.74) is 6.26. The second kappa shape index (κ2) is 5.13. The third kappa shape index (κ3) is 4.43. The van der Waals surface area contributed by atoms with Crippen LogP contribution in [0.25, 0.3) is 0 Å². The number of nitrogens with two attached hydrogens (primary N) is 1. The van der Waals surface area contributed by atoms with Crippen LogP contribution in [0.5, 0.6) is 0 Å². The summed E-state index contributed by atoms with van der Waals surface area (Å²) < 4.78 is 5.37. The highest BCUT2D eigenvalue weighted by Crippen LogP contribution is 2.34. The molecule has 0 saturated carbocycles. The first kappa shape index (κ1) is 12.0. The van der Waals surface area contributed by atoms with Gasteiger partial charge in [0, 0.05) is 19.3 Å². The molecule has 0 bridgehead atoms. The van der Waals surface area contributed by atoms with Gasteiger partial charge in [0.15, 0.2) is 0 Å². The Bertz CT molecular complexity index is 160. The summed E-state index contributed by atoms with van der Waals surface area (Å²) in [5.74, 6) is 0.859. The van der Waals surface area contributed by atoms with Gasteiger partial charge in [-0.05, 0) is 43.9 Å². The zero-order chi connectivity index (χ0) is 10.6. The number of hydrogen-bond acceptors (Lipinski definition) is 2. The van der Waals surface area contributed by atoms with Crippen molar-refractivity contribution in [2.45, 2.75) is 52.5 Å². The second-order valence-electron chi connectivity index (χ2n) is 5.61. The van der Waals surface area contributed by atoms with Gasteiger partial charge in [-0.15, -0.1) is 0 Å². The van der Waals surface area contributed by atoms with Gasteiger partial charge in [-0.3, -0.25) is 0 Å². The number of rotatable bonds is 4. The summed E-state index contributed by atoms with van der Waals surface area (Å²) in [4.78, 5) is 0. The molecular weight excluding hydrogens is 174 g/mol. The Hall–Kier alpha value is -0.0800.